The van der Waals surface area contributed by atoms with Gasteiger partial charge in [0.05, 0.1) is 0 Å². The van der Waals surface area contributed by atoms with Gasteiger partial charge < -0.3 is 5.32 Å². The third-order valence-corrected chi connectivity index (χ3v) is 5.30. The summed E-state index contributed by atoms with van der Waals surface area (Å²) in [6, 6.07) is 9.27. The molecule has 0 saturated heterocycles. The molecule has 0 aromatic heterocycles. The van der Waals surface area contributed by atoms with E-state index in [0.29, 0.717) is 6.04 Å². The Morgan fingerprint density at radius 1 is 1.05 bits per heavy atom. The summed E-state index contributed by atoms with van der Waals surface area (Å²) in [6.07, 6.45) is 3.46. The molecule has 2 nitrogen and oxygen atoms in total. The van der Waals surface area contributed by atoms with Crippen LogP contribution in [0.5, 0.6) is 0 Å². The average molecular weight is 290 g/mol. The first kappa shape index (κ1) is 18.2. The van der Waals surface area contributed by atoms with Crippen molar-refractivity contribution in [1.29, 1.82) is 0 Å². The molecule has 0 spiro atoms. The molecule has 0 amide bonds. The second-order valence-electron chi connectivity index (χ2n) is 5.95. The van der Waals surface area contributed by atoms with Gasteiger partial charge in [-0.1, -0.05) is 52.0 Å². The summed E-state index contributed by atoms with van der Waals surface area (Å²) in [7, 11) is 2.12. The predicted octanol–water partition coefficient (Wildman–Crippen LogP) is 4.03. The molecule has 1 aromatic carbocycles. The first-order valence-corrected chi connectivity index (χ1v) is 8.56. The summed E-state index contributed by atoms with van der Waals surface area (Å²) >= 11 is 0. The zero-order valence-electron chi connectivity index (χ0n) is 14.9. The van der Waals surface area contributed by atoms with Crippen LogP contribution in [0.1, 0.15) is 51.7 Å². The molecular weight excluding hydrogens is 256 g/mol. The Hall–Kier alpha value is -0.860. The topological polar surface area (TPSA) is 15.3 Å². The molecule has 120 valence electrons. The average Bonchev–Trinajstić information content (AvgIpc) is 2.52. The summed E-state index contributed by atoms with van der Waals surface area (Å²) in [6.45, 7) is 13.7. The highest BCUT2D eigenvalue weighted by molar-refractivity contribution is 5.27. The lowest BCUT2D eigenvalue weighted by atomic mass is 9.79. The molecule has 21 heavy (non-hydrogen) atoms. The van der Waals surface area contributed by atoms with Crippen molar-refractivity contribution >= 4 is 0 Å². The van der Waals surface area contributed by atoms with E-state index in [2.05, 4.69) is 76.1 Å². The summed E-state index contributed by atoms with van der Waals surface area (Å²) in [5.41, 5.74) is 3.11. The van der Waals surface area contributed by atoms with Crippen molar-refractivity contribution in [2.24, 2.45) is 0 Å². The molecule has 0 aliphatic rings. The first-order valence-electron chi connectivity index (χ1n) is 8.56. The van der Waals surface area contributed by atoms with E-state index in [-0.39, 0.29) is 5.54 Å². The van der Waals surface area contributed by atoms with E-state index in [1.54, 1.807) is 0 Å². The number of nitrogens with zero attached hydrogens (tertiary/aromatic N) is 1. The Labute approximate surface area is 131 Å². The first-order chi connectivity index (χ1) is 10.1. The Bertz CT molecular complexity index is 406. The minimum absolute atomic E-state index is 0.237. The van der Waals surface area contributed by atoms with Gasteiger partial charge in [0, 0.05) is 11.6 Å². The summed E-state index contributed by atoms with van der Waals surface area (Å²) < 4.78 is 0. The number of likely N-dealkylation sites (N-methyl/N-ethyl adjacent to an activating group) is 2. The molecule has 0 bridgehead atoms. The fourth-order valence-corrected chi connectivity index (χ4v) is 3.88. The maximum Gasteiger partial charge on any atom is 0.0360 e. The lowest BCUT2D eigenvalue weighted by molar-refractivity contribution is 0.0519. The van der Waals surface area contributed by atoms with Crippen LogP contribution in [-0.2, 0) is 6.42 Å². The van der Waals surface area contributed by atoms with Crippen LogP contribution in [-0.4, -0.2) is 36.6 Å². The molecule has 1 atom stereocenters. The van der Waals surface area contributed by atoms with Crippen molar-refractivity contribution in [3.05, 3.63) is 35.4 Å². The van der Waals surface area contributed by atoms with E-state index in [1.165, 1.54) is 24.0 Å². The Morgan fingerprint density at radius 3 is 2.05 bits per heavy atom. The van der Waals surface area contributed by atoms with Gasteiger partial charge in [-0.25, -0.2) is 0 Å². The molecule has 1 unspecified atom stereocenters. The third-order valence-electron chi connectivity index (χ3n) is 5.30. The van der Waals surface area contributed by atoms with Gasteiger partial charge in [0.2, 0.25) is 0 Å². The van der Waals surface area contributed by atoms with E-state index in [1.807, 2.05) is 0 Å². The summed E-state index contributed by atoms with van der Waals surface area (Å²) in [4.78, 5) is 2.65. The predicted molar refractivity (Wildman–Crippen MR) is 94.0 cm³/mol. The molecule has 0 radical (unpaired) electrons. The van der Waals surface area contributed by atoms with Gasteiger partial charge in [-0.3, -0.25) is 4.90 Å². The lowest BCUT2D eigenvalue weighted by Gasteiger charge is -2.48. The molecule has 0 aliphatic carbocycles. The molecule has 0 heterocycles. The summed E-state index contributed by atoms with van der Waals surface area (Å²) in [5.74, 6) is 0. The summed E-state index contributed by atoms with van der Waals surface area (Å²) in [5, 5.41) is 3.63. The minimum atomic E-state index is 0.237. The van der Waals surface area contributed by atoms with Crippen molar-refractivity contribution in [2.75, 3.05) is 20.1 Å². The van der Waals surface area contributed by atoms with Crippen LogP contribution in [0.25, 0.3) is 0 Å². The molecule has 1 rings (SSSR count). The maximum absolute atomic E-state index is 3.63. The molecular formula is C19H34N2. The van der Waals surface area contributed by atoms with Gasteiger partial charge in [0.1, 0.15) is 0 Å². The fraction of sp³-hybridized carbons (Fsp3) is 0.684. The van der Waals surface area contributed by atoms with Gasteiger partial charge in [0.15, 0.2) is 0 Å². The molecule has 1 N–H and O–H groups in total. The zero-order valence-corrected chi connectivity index (χ0v) is 14.9. The van der Waals surface area contributed by atoms with Gasteiger partial charge in [0.25, 0.3) is 0 Å². The monoisotopic (exact) mass is 290 g/mol. The molecule has 0 fully saturated rings. The highest BCUT2D eigenvalue weighted by atomic mass is 15.2. The van der Waals surface area contributed by atoms with E-state index in [4.69, 9.17) is 0 Å². The van der Waals surface area contributed by atoms with Crippen LogP contribution in [0.4, 0.5) is 0 Å². The largest absolute Gasteiger partial charge is 0.315 e. The fourth-order valence-electron chi connectivity index (χ4n) is 3.88. The lowest BCUT2D eigenvalue weighted by Crippen LogP contribution is -2.61. The third kappa shape index (κ3) is 3.87. The van der Waals surface area contributed by atoms with E-state index in [9.17, 15) is 0 Å². The quantitative estimate of drug-likeness (QED) is 0.739. The van der Waals surface area contributed by atoms with Crippen LogP contribution < -0.4 is 5.32 Å². The van der Waals surface area contributed by atoms with Crippen LogP contribution in [0.15, 0.2) is 24.3 Å². The van der Waals surface area contributed by atoms with Crippen LogP contribution in [0.2, 0.25) is 0 Å². The van der Waals surface area contributed by atoms with Crippen molar-refractivity contribution in [2.45, 2.75) is 65.5 Å². The number of benzene rings is 1. The van der Waals surface area contributed by atoms with E-state index >= 15 is 0 Å². The number of nitrogens with one attached hydrogen (secondary N) is 1. The number of aryl methyl sites for hydroxylation is 1. The van der Waals surface area contributed by atoms with Crippen LogP contribution in [0, 0.1) is 6.92 Å². The molecule has 2 heteroatoms. The minimum Gasteiger partial charge on any atom is -0.315 e. The van der Waals surface area contributed by atoms with Crippen LogP contribution in [0.3, 0.4) is 0 Å². The normalized spacial score (nSPS) is 13.7. The molecule has 1 aromatic rings. The van der Waals surface area contributed by atoms with Gasteiger partial charge >= 0.3 is 0 Å². The highest BCUT2D eigenvalue weighted by Crippen LogP contribution is 2.30. The smallest absolute Gasteiger partial charge is 0.0360 e. The van der Waals surface area contributed by atoms with Crippen molar-refractivity contribution in [3.63, 3.8) is 0 Å². The molecule has 0 saturated carbocycles. The van der Waals surface area contributed by atoms with E-state index < -0.39 is 0 Å². The number of hydrogen-bond donors (Lipinski definition) is 1. The Morgan fingerprint density at radius 2 is 1.62 bits per heavy atom. The zero-order chi connectivity index (χ0) is 15.9. The number of rotatable bonds is 9. The van der Waals surface area contributed by atoms with Crippen molar-refractivity contribution in [3.8, 4) is 0 Å². The van der Waals surface area contributed by atoms with Crippen LogP contribution >= 0.6 is 0 Å². The van der Waals surface area contributed by atoms with E-state index in [0.717, 1.165) is 19.5 Å². The molecule has 0 aliphatic heterocycles. The second-order valence-corrected chi connectivity index (χ2v) is 5.95. The van der Waals surface area contributed by atoms with Gasteiger partial charge in [-0.15, -0.1) is 0 Å². The maximum atomic E-state index is 3.63. The SMILES string of the molecule is CCN(CC)C(CC)(CC)C(Cc1ccccc1C)NC. The Balaban J connectivity index is 3.11. The second kappa shape index (κ2) is 8.55. The van der Waals surface area contributed by atoms with Crippen molar-refractivity contribution in [1.82, 2.24) is 10.2 Å². The highest BCUT2D eigenvalue weighted by Gasteiger charge is 2.39. The van der Waals surface area contributed by atoms with Gasteiger partial charge in [-0.2, -0.15) is 0 Å². The number of hydrogen-bond acceptors (Lipinski definition) is 2. The standard InChI is InChI=1S/C19H34N2/c1-7-19(8-2,21(9-3)10-4)18(20-6)15-17-14-12-11-13-16(17)5/h11-14,18,20H,7-10,15H2,1-6H3. The van der Waals surface area contributed by atoms with Gasteiger partial charge in [-0.05, 0) is 57.5 Å². The van der Waals surface area contributed by atoms with Crippen molar-refractivity contribution < 1.29 is 0 Å². The Kier molecular flexibility index (Phi) is 7.41.